The minimum Gasteiger partial charge on any atom is -0.456 e. The number of carbonyl (C=O) groups excluding carboxylic acids is 4. The van der Waals surface area contributed by atoms with Crippen molar-refractivity contribution in [3.05, 3.63) is 47.5 Å². The van der Waals surface area contributed by atoms with Crippen molar-refractivity contribution in [2.24, 2.45) is 11.8 Å². The first-order valence-corrected chi connectivity index (χ1v) is 16.8. The van der Waals surface area contributed by atoms with Crippen LogP contribution in [-0.4, -0.2) is 88.7 Å². The van der Waals surface area contributed by atoms with Gasteiger partial charge in [0.25, 0.3) is 0 Å². The van der Waals surface area contributed by atoms with Gasteiger partial charge in [-0.1, -0.05) is 70.5 Å². The van der Waals surface area contributed by atoms with E-state index in [4.69, 9.17) is 4.74 Å². The van der Waals surface area contributed by atoms with Crippen LogP contribution in [0.4, 0.5) is 0 Å². The highest BCUT2D eigenvalue weighted by Gasteiger charge is 2.38. The van der Waals surface area contributed by atoms with Crippen molar-refractivity contribution in [3.8, 4) is 0 Å². The number of ether oxygens (including phenoxy) is 1. The fraction of sp³-hybridized carbons (Fsp3) is 0.667. The third kappa shape index (κ3) is 9.18. The Morgan fingerprint density at radius 2 is 1.53 bits per heavy atom. The van der Waals surface area contributed by atoms with Crippen LogP contribution in [0.2, 0.25) is 0 Å². The van der Waals surface area contributed by atoms with Crippen molar-refractivity contribution in [3.63, 3.8) is 0 Å². The molecule has 0 aromatic heterocycles. The lowest BCUT2D eigenvalue weighted by Gasteiger charge is -2.39. The monoisotopic (exact) mass is 624 g/mol. The van der Waals surface area contributed by atoms with E-state index >= 15 is 0 Å². The Morgan fingerprint density at radius 1 is 0.889 bits per heavy atom. The molecule has 0 saturated carbocycles. The molecule has 2 unspecified atom stereocenters. The number of amides is 3. The molecule has 2 heterocycles. The average molecular weight is 625 g/mol. The zero-order chi connectivity index (χ0) is 33.4. The van der Waals surface area contributed by atoms with Gasteiger partial charge in [0.15, 0.2) is 0 Å². The summed E-state index contributed by atoms with van der Waals surface area (Å²) in [6.45, 7) is 17.0. The topological polar surface area (TPSA) is 99.3 Å². The quantitative estimate of drug-likeness (QED) is 0.256. The lowest BCUT2D eigenvalue weighted by molar-refractivity contribution is -0.156. The second-order valence-corrected chi connectivity index (χ2v) is 13.8. The van der Waals surface area contributed by atoms with Gasteiger partial charge >= 0.3 is 5.97 Å². The van der Waals surface area contributed by atoms with Gasteiger partial charge in [-0.3, -0.25) is 19.3 Å². The third-order valence-electron chi connectivity index (χ3n) is 9.32. The van der Waals surface area contributed by atoms with Crippen LogP contribution in [0.15, 0.2) is 42.0 Å². The third-order valence-corrected chi connectivity index (χ3v) is 9.32. The Morgan fingerprint density at radius 3 is 2.13 bits per heavy atom. The Kier molecular flexibility index (Phi) is 13.2. The molecule has 0 aliphatic carbocycles. The molecule has 250 valence electrons. The number of rotatable bonds is 12. The first kappa shape index (κ1) is 36.3. The molecule has 9 heteroatoms. The first-order valence-electron chi connectivity index (χ1n) is 16.8. The fourth-order valence-corrected chi connectivity index (χ4v) is 6.59. The van der Waals surface area contributed by atoms with Gasteiger partial charge in [-0.2, -0.15) is 0 Å². The lowest BCUT2D eigenvalue weighted by Crippen LogP contribution is -2.58. The summed E-state index contributed by atoms with van der Waals surface area (Å²) in [6.07, 6.45) is 5.54. The number of carbonyl (C=O) groups is 4. The number of hydrogen-bond donors (Lipinski definition) is 1. The molecular formula is C36H56N4O5. The molecule has 3 amide bonds. The second-order valence-electron chi connectivity index (χ2n) is 13.8. The molecule has 2 aliphatic rings. The van der Waals surface area contributed by atoms with Crippen molar-refractivity contribution in [2.45, 2.75) is 124 Å². The zero-order valence-corrected chi connectivity index (χ0v) is 28.9. The van der Waals surface area contributed by atoms with Crippen LogP contribution in [0.1, 0.15) is 99.2 Å². The number of nitrogens with one attached hydrogen (secondary N) is 1. The molecule has 5 atom stereocenters. The molecule has 0 spiro atoms. The van der Waals surface area contributed by atoms with E-state index in [2.05, 4.69) is 24.1 Å². The van der Waals surface area contributed by atoms with Crippen molar-refractivity contribution < 1.29 is 23.9 Å². The van der Waals surface area contributed by atoms with Gasteiger partial charge in [0, 0.05) is 25.2 Å². The fourth-order valence-electron chi connectivity index (χ4n) is 6.59. The van der Waals surface area contributed by atoms with Crippen molar-refractivity contribution in [2.75, 3.05) is 20.1 Å². The minimum atomic E-state index is -0.687. The predicted octanol–water partition coefficient (Wildman–Crippen LogP) is 5.11. The van der Waals surface area contributed by atoms with Crippen LogP contribution < -0.4 is 5.32 Å². The van der Waals surface area contributed by atoms with Gasteiger partial charge in [0.1, 0.15) is 18.2 Å². The largest absolute Gasteiger partial charge is 0.456 e. The van der Waals surface area contributed by atoms with E-state index in [1.54, 1.807) is 23.8 Å². The van der Waals surface area contributed by atoms with Crippen LogP contribution in [0, 0.1) is 11.8 Å². The second kappa shape index (κ2) is 16.4. The number of hydrogen-bond acceptors (Lipinski definition) is 6. The maximum atomic E-state index is 13.9. The van der Waals surface area contributed by atoms with Crippen LogP contribution in [0.25, 0.3) is 0 Å². The van der Waals surface area contributed by atoms with E-state index in [1.807, 2.05) is 71.0 Å². The Hall–Kier alpha value is -3.20. The molecule has 2 aliphatic heterocycles. The van der Waals surface area contributed by atoms with Crippen LogP contribution in [0.5, 0.6) is 0 Å². The number of piperidine rings is 1. The summed E-state index contributed by atoms with van der Waals surface area (Å²) >= 11 is 0. The Bertz CT molecular complexity index is 1200. The van der Waals surface area contributed by atoms with E-state index in [0.717, 1.165) is 37.8 Å². The molecule has 1 aromatic rings. The number of nitrogens with zero attached hydrogens (tertiary/aromatic N) is 3. The SMILES string of the molecule is CC(=C[C@H](C(C)C)N(C)C(=O)[C@@H](NC(=O)C1CCCCN1C(C)C)C(C)C)C(=O)N1CCC[C@H]1C(=O)OC(C)c1ccccc1. The highest BCUT2D eigenvalue weighted by Crippen LogP contribution is 2.26. The van der Waals surface area contributed by atoms with Crippen LogP contribution in [-0.2, 0) is 23.9 Å². The molecule has 2 saturated heterocycles. The predicted molar refractivity (Wildman–Crippen MR) is 177 cm³/mol. The van der Waals surface area contributed by atoms with E-state index in [0.29, 0.717) is 18.5 Å². The molecular weight excluding hydrogens is 568 g/mol. The summed E-state index contributed by atoms with van der Waals surface area (Å²) in [5.41, 5.74) is 1.38. The van der Waals surface area contributed by atoms with Gasteiger partial charge in [-0.15, -0.1) is 0 Å². The molecule has 0 bridgehead atoms. The maximum Gasteiger partial charge on any atom is 0.329 e. The van der Waals surface area contributed by atoms with E-state index in [1.165, 1.54) is 0 Å². The average Bonchev–Trinajstić information content (AvgIpc) is 3.51. The molecule has 1 N–H and O–H groups in total. The number of likely N-dealkylation sites (tertiary alicyclic amines) is 2. The van der Waals surface area contributed by atoms with E-state index < -0.39 is 24.2 Å². The molecule has 1 aromatic carbocycles. The van der Waals surface area contributed by atoms with Crippen molar-refractivity contribution >= 4 is 23.7 Å². The number of benzene rings is 1. The summed E-state index contributed by atoms with van der Waals surface area (Å²) in [4.78, 5) is 59.8. The van der Waals surface area contributed by atoms with Gasteiger partial charge < -0.3 is 19.9 Å². The Balaban J connectivity index is 1.73. The van der Waals surface area contributed by atoms with Crippen molar-refractivity contribution in [1.82, 2.24) is 20.0 Å². The lowest BCUT2D eigenvalue weighted by atomic mass is 9.95. The van der Waals surface area contributed by atoms with E-state index in [-0.39, 0.29) is 47.7 Å². The standard InChI is InChI=1S/C36H56N4O5/c1-23(2)31(38(9)35(43)32(24(3)4)37-33(41)29-18-13-14-20-39(29)25(5)6)22-26(7)34(42)40-21-15-19-30(40)36(44)45-27(8)28-16-11-10-12-17-28/h10-12,16-17,22-25,27,29-32H,13-15,18-21H2,1-9H3,(H,37,41)/t27?,29?,30-,31+,32-/m0/s1. The highest BCUT2D eigenvalue weighted by atomic mass is 16.5. The normalized spacial score (nSPS) is 21.5. The zero-order valence-electron chi connectivity index (χ0n) is 28.9. The molecule has 45 heavy (non-hydrogen) atoms. The molecule has 2 fully saturated rings. The van der Waals surface area contributed by atoms with Gasteiger partial charge in [0.2, 0.25) is 17.7 Å². The summed E-state index contributed by atoms with van der Waals surface area (Å²) in [5.74, 6) is -1.02. The molecule has 9 nitrogen and oxygen atoms in total. The van der Waals surface area contributed by atoms with Gasteiger partial charge in [-0.25, -0.2) is 4.79 Å². The summed E-state index contributed by atoms with van der Waals surface area (Å²) in [7, 11) is 1.74. The van der Waals surface area contributed by atoms with Crippen LogP contribution in [0.3, 0.4) is 0 Å². The molecule has 3 rings (SSSR count). The van der Waals surface area contributed by atoms with Crippen molar-refractivity contribution in [1.29, 1.82) is 0 Å². The smallest absolute Gasteiger partial charge is 0.329 e. The maximum absolute atomic E-state index is 13.9. The Labute approximate surface area is 270 Å². The first-order chi connectivity index (χ1) is 21.2. The summed E-state index contributed by atoms with van der Waals surface area (Å²) in [6, 6.07) is 7.84. The highest BCUT2D eigenvalue weighted by molar-refractivity contribution is 5.96. The van der Waals surface area contributed by atoms with Gasteiger partial charge in [-0.05, 0) is 77.3 Å². The summed E-state index contributed by atoms with van der Waals surface area (Å²) < 4.78 is 5.77. The minimum absolute atomic E-state index is 0.00560. The summed E-state index contributed by atoms with van der Waals surface area (Å²) in [5, 5.41) is 3.09. The van der Waals surface area contributed by atoms with Crippen LogP contribution >= 0.6 is 0 Å². The number of esters is 1. The number of likely N-dealkylation sites (N-methyl/N-ethyl adjacent to an activating group) is 1. The molecule has 0 radical (unpaired) electrons. The van der Waals surface area contributed by atoms with Gasteiger partial charge in [0.05, 0.1) is 12.1 Å². The van der Waals surface area contributed by atoms with E-state index in [9.17, 15) is 19.2 Å².